The van der Waals surface area contributed by atoms with Gasteiger partial charge in [-0.2, -0.15) is 0 Å². The fourth-order valence-electron chi connectivity index (χ4n) is 5.32. The summed E-state index contributed by atoms with van der Waals surface area (Å²) in [5, 5.41) is 0. The molecule has 2 fully saturated rings. The number of hydrogen-bond acceptors (Lipinski definition) is 2. The highest BCUT2D eigenvalue weighted by Crippen LogP contribution is 2.47. The van der Waals surface area contributed by atoms with Gasteiger partial charge in [0.15, 0.2) is 6.29 Å². The van der Waals surface area contributed by atoms with Crippen LogP contribution in [0.4, 0.5) is 0 Å². The van der Waals surface area contributed by atoms with E-state index in [1.54, 1.807) is 0 Å². The molecule has 160 valence electrons. The third-order valence-electron chi connectivity index (χ3n) is 6.79. The van der Waals surface area contributed by atoms with Gasteiger partial charge in [-0.1, -0.05) is 72.8 Å². The highest BCUT2D eigenvalue weighted by atomic mass is 16.7. The number of rotatable bonds is 8. The van der Waals surface area contributed by atoms with Gasteiger partial charge in [0.05, 0.1) is 11.7 Å². The summed E-state index contributed by atoms with van der Waals surface area (Å²) in [7, 11) is 0. The fourth-order valence-corrected chi connectivity index (χ4v) is 5.32. The van der Waals surface area contributed by atoms with Crippen LogP contribution >= 0.6 is 0 Å². The van der Waals surface area contributed by atoms with Crippen molar-refractivity contribution in [2.75, 3.05) is 0 Å². The number of unbranched alkanes of at least 4 members (excludes halogenated alkanes) is 1. The molecule has 0 bridgehead atoms. The molecule has 4 atom stereocenters. The monoisotopic (exact) mass is 404 g/mol. The second kappa shape index (κ2) is 10.4. The van der Waals surface area contributed by atoms with Crippen molar-refractivity contribution >= 4 is 0 Å². The van der Waals surface area contributed by atoms with Crippen molar-refractivity contribution in [3.05, 3.63) is 83.9 Å². The molecule has 2 nitrogen and oxygen atoms in total. The van der Waals surface area contributed by atoms with Gasteiger partial charge in [0.25, 0.3) is 0 Å². The van der Waals surface area contributed by atoms with E-state index in [1.165, 1.54) is 36.8 Å². The normalized spacial score (nSPS) is 29.0. The molecular weight excluding hydrogens is 368 g/mol. The van der Waals surface area contributed by atoms with Gasteiger partial charge in [-0.3, -0.25) is 0 Å². The molecule has 1 aliphatic heterocycles. The van der Waals surface area contributed by atoms with Crippen molar-refractivity contribution in [3.63, 3.8) is 0 Å². The third-order valence-corrected chi connectivity index (χ3v) is 6.79. The first-order valence-corrected chi connectivity index (χ1v) is 11.8. The first-order valence-electron chi connectivity index (χ1n) is 11.8. The van der Waals surface area contributed by atoms with Gasteiger partial charge >= 0.3 is 0 Å². The van der Waals surface area contributed by atoms with Crippen LogP contribution in [-0.2, 0) is 22.3 Å². The van der Waals surface area contributed by atoms with E-state index in [0.29, 0.717) is 12.0 Å². The number of allylic oxidation sites excluding steroid dienone is 1. The second-order valence-corrected chi connectivity index (χ2v) is 9.04. The van der Waals surface area contributed by atoms with Gasteiger partial charge < -0.3 is 9.47 Å². The molecule has 1 aliphatic carbocycles. The Morgan fingerprint density at radius 1 is 0.967 bits per heavy atom. The molecule has 1 saturated heterocycles. The number of ether oxygens (including phenoxy) is 2. The Morgan fingerprint density at radius 3 is 2.40 bits per heavy atom. The summed E-state index contributed by atoms with van der Waals surface area (Å²) in [5.41, 5.74) is 2.82. The lowest BCUT2D eigenvalue weighted by molar-refractivity contribution is -0.281. The summed E-state index contributed by atoms with van der Waals surface area (Å²) < 4.78 is 12.7. The van der Waals surface area contributed by atoms with Gasteiger partial charge in [-0.25, -0.2) is 0 Å². The second-order valence-electron chi connectivity index (χ2n) is 9.04. The van der Waals surface area contributed by atoms with Crippen molar-refractivity contribution in [3.8, 4) is 0 Å². The maximum atomic E-state index is 6.48. The molecule has 0 radical (unpaired) electrons. The van der Waals surface area contributed by atoms with Crippen molar-refractivity contribution in [1.82, 2.24) is 0 Å². The van der Waals surface area contributed by atoms with E-state index in [0.717, 1.165) is 32.1 Å². The molecule has 0 unspecified atom stereocenters. The predicted molar refractivity (Wildman–Crippen MR) is 123 cm³/mol. The summed E-state index contributed by atoms with van der Waals surface area (Å²) >= 11 is 0. The molecule has 0 N–H and O–H groups in total. The van der Waals surface area contributed by atoms with Crippen LogP contribution in [0.1, 0.15) is 63.0 Å². The lowest BCUT2D eigenvalue weighted by Gasteiger charge is -2.44. The van der Waals surface area contributed by atoms with Crippen molar-refractivity contribution in [2.24, 2.45) is 5.92 Å². The van der Waals surface area contributed by atoms with Gasteiger partial charge in [0, 0.05) is 12.3 Å². The molecule has 0 aromatic heterocycles. The van der Waals surface area contributed by atoms with E-state index in [-0.39, 0.29) is 11.9 Å². The maximum absolute atomic E-state index is 6.48. The SMILES string of the molecule is C[C@H]1O[C@@H](CCc2ccccc2)C[C@@]2(CCC[C@H]2/C=C/CCCc2ccccc2)O1. The number of benzene rings is 2. The maximum Gasteiger partial charge on any atom is 0.155 e. The summed E-state index contributed by atoms with van der Waals surface area (Å²) in [5.74, 6) is 0.528. The lowest BCUT2D eigenvalue weighted by Crippen LogP contribution is -2.48. The zero-order valence-corrected chi connectivity index (χ0v) is 18.3. The topological polar surface area (TPSA) is 18.5 Å². The van der Waals surface area contributed by atoms with E-state index in [2.05, 4.69) is 79.7 Å². The largest absolute Gasteiger partial charge is 0.350 e. The molecule has 2 aromatic carbocycles. The zero-order chi connectivity index (χ0) is 20.7. The van der Waals surface area contributed by atoms with Crippen molar-refractivity contribution in [2.45, 2.75) is 82.7 Å². The van der Waals surface area contributed by atoms with Crippen LogP contribution in [0.2, 0.25) is 0 Å². The highest BCUT2D eigenvalue weighted by Gasteiger charge is 2.48. The molecule has 1 heterocycles. The van der Waals surface area contributed by atoms with Crippen molar-refractivity contribution in [1.29, 1.82) is 0 Å². The zero-order valence-electron chi connectivity index (χ0n) is 18.3. The number of aryl methyl sites for hydroxylation is 2. The summed E-state index contributed by atoms with van der Waals surface area (Å²) in [6.45, 7) is 2.08. The van der Waals surface area contributed by atoms with Gasteiger partial charge in [0.2, 0.25) is 0 Å². The molecule has 1 spiro atoms. The van der Waals surface area contributed by atoms with E-state index in [1.807, 2.05) is 0 Å². The molecule has 2 aliphatic rings. The average Bonchev–Trinajstić information content (AvgIpc) is 3.14. The minimum atomic E-state index is -0.105. The van der Waals surface area contributed by atoms with E-state index < -0.39 is 0 Å². The minimum absolute atomic E-state index is 0.0189. The van der Waals surface area contributed by atoms with E-state index in [4.69, 9.17) is 9.47 Å². The van der Waals surface area contributed by atoms with Crippen LogP contribution in [0.15, 0.2) is 72.8 Å². The lowest BCUT2D eigenvalue weighted by atomic mass is 9.82. The first-order chi connectivity index (χ1) is 14.7. The molecule has 2 aromatic rings. The van der Waals surface area contributed by atoms with E-state index in [9.17, 15) is 0 Å². The molecular formula is C28H36O2. The Kier molecular flexibility index (Phi) is 7.41. The standard InChI is InChI=1S/C28H36O2/c1-23-29-27(20-19-25-15-7-3-8-16-25)22-28(30-23)21-11-18-26(28)17-10-4-9-14-24-12-5-2-6-13-24/h2-3,5-8,10,12-13,15-17,23,26-27H,4,9,11,14,18-22H2,1H3/b17-10+/t23-,26+,27-,28+/m0/s1. The van der Waals surface area contributed by atoms with Crippen LogP contribution in [0, 0.1) is 5.92 Å². The fraction of sp³-hybridized carbons (Fsp3) is 0.500. The van der Waals surface area contributed by atoms with Crippen LogP contribution in [-0.4, -0.2) is 18.0 Å². The Hall–Kier alpha value is -1.90. The third kappa shape index (κ3) is 5.62. The van der Waals surface area contributed by atoms with Gasteiger partial charge in [0.1, 0.15) is 0 Å². The van der Waals surface area contributed by atoms with Crippen LogP contribution in [0.3, 0.4) is 0 Å². The van der Waals surface area contributed by atoms with Crippen molar-refractivity contribution < 1.29 is 9.47 Å². The molecule has 0 amide bonds. The van der Waals surface area contributed by atoms with Crippen LogP contribution in [0.25, 0.3) is 0 Å². The molecule has 30 heavy (non-hydrogen) atoms. The Bertz CT molecular complexity index is 785. The van der Waals surface area contributed by atoms with Gasteiger partial charge in [-0.05, 0) is 69.4 Å². The Labute approximate surface area is 182 Å². The summed E-state index contributed by atoms with van der Waals surface area (Å²) in [4.78, 5) is 0. The van der Waals surface area contributed by atoms with Crippen LogP contribution < -0.4 is 0 Å². The first kappa shape index (κ1) is 21.3. The van der Waals surface area contributed by atoms with Crippen LogP contribution in [0.5, 0.6) is 0 Å². The quantitative estimate of drug-likeness (QED) is 0.352. The molecule has 2 heteroatoms. The number of hydrogen-bond donors (Lipinski definition) is 0. The summed E-state index contributed by atoms with van der Waals surface area (Å²) in [6.07, 6.45) is 15.4. The molecule has 4 rings (SSSR count). The Morgan fingerprint density at radius 2 is 1.67 bits per heavy atom. The highest BCUT2D eigenvalue weighted by molar-refractivity contribution is 5.16. The summed E-state index contributed by atoms with van der Waals surface area (Å²) in [6, 6.07) is 21.6. The minimum Gasteiger partial charge on any atom is -0.350 e. The average molecular weight is 405 g/mol. The van der Waals surface area contributed by atoms with Gasteiger partial charge in [-0.15, -0.1) is 0 Å². The Balaban J connectivity index is 1.30. The molecule has 1 saturated carbocycles. The predicted octanol–water partition coefficient (Wildman–Crippen LogP) is 6.89. The van der Waals surface area contributed by atoms with E-state index >= 15 is 0 Å². The smallest absolute Gasteiger partial charge is 0.155 e.